The van der Waals surface area contributed by atoms with Crippen molar-refractivity contribution in [1.82, 2.24) is 4.57 Å². The van der Waals surface area contributed by atoms with Crippen molar-refractivity contribution in [2.45, 2.75) is 31.8 Å². The van der Waals surface area contributed by atoms with Crippen LogP contribution in [0.4, 0.5) is 5.69 Å². The molecule has 178 valence electrons. The molecule has 3 rings (SSSR count). The predicted octanol–water partition coefficient (Wildman–Crippen LogP) is 4.49. The number of hydrogen-bond acceptors (Lipinski definition) is 7. The van der Waals surface area contributed by atoms with Gasteiger partial charge in [-0.15, -0.1) is 0 Å². The Labute approximate surface area is 201 Å². The lowest BCUT2D eigenvalue weighted by molar-refractivity contribution is -0.387. The van der Waals surface area contributed by atoms with Gasteiger partial charge in [0, 0.05) is 40.0 Å². The van der Waals surface area contributed by atoms with E-state index in [-0.39, 0.29) is 5.56 Å². The van der Waals surface area contributed by atoms with Gasteiger partial charge in [0.05, 0.1) is 10.5 Å². The molecule has 0 amide bonds. The second-order valence-electron chi connectivity index (χ2n) is 7.72. The van der Waals surface area contributed by atoms with Crippen molar-refractivity contribution < 1.29 is 27.7 Å². The van der Waals surface area contributed by atoms with E-state index in [0.717, 1.165) is 35.8 Å². The van der Waals surface area contributed by atoms with Crippen molar-refractivity contribution in [3.8, 4) is 5.69 Å². The van der Waals surface area contributed by atoms with Gasteiger partial charge in [-0.05, 0) is 63.2 Å². The zero-order chi connectivity index (χ0) is 25.4. The van der Waals surface area contributed by atoms with E-state index in [1.807, 2.05) is 23.6 Å². The molecule has 1 atom stereocenters. The Balaban J connectivity index is 1.86. The van der Waals surface area contributed by atoms with Crippen LogP contribution in [0, 0.1) is 24.0 Å². The molecule has 1 aromatic heterocycles. The lowest BCUT2D eigenvalue weighted by atomic mass is 10.1. The van der Waals surface area contributed by atoms with Crippen molar-refractivity contribution in [2.75, 3.05) is 6.26 Å². The Kier molecular flexibility index (Phi) is 6.94. The fourth-order valence-corrected chi connectivity index (χ4v) is 4.56. The van der Waals surface area contributed by atoms with Gasteiger partial charge in [0.2, 0.25) is 5.78 Å². The third kappa shape index (κ3) is 5.02. The van der Waals surface area contributed by atoms with E-state index < -0.39 is 43.2 Å². The second kappa shape index (κ2) is 9.40. The molecule has 0 radical (unpaired) electrons. The Bertz CT molecular complexity index is 1410. The van der Waals surface area contributed by atoms with Crippen molar-refractivity contribution in [1.29, 1.82) is 0 Å². The fourth-order valence-electron chi connectivity index (χ4n) is 3.60. The molecule has 11 heteroatoms. The Morgan fingerprint density at radius 1 is 1.09 bits per heavy atom. The topological polar surface area (TPSA) is 126 Å². The third-order valence-electron chi connectivity index (χ3n) is 5.23. The number of ketones is 1. The van der Waals surface area contributed by atoms with Crippen LogP contribution in [0.1, 0.15) is 39.0 Å². The van der Waals surface area contributed by atoms with Gasteiger partial charge in [-0.25, -0.2) is 13.2 Å². The highest BCUT2D eigenvalue weighted by atomic mass is 35.5. The first-order valence-electron chi connectivity index (χ1n) is 10.00. The van der Waals surface area contributed by atoms with Gasteiger partial charge >= 0.3 is 5.97 Å². The van der Waals surface area contributed by atoms with Crippen LogP contribution in [0.25, 0.3) is 5.69 Å². The van der Waals surface area contributed by atoms with Crippen LogP contribution in [0.2, 0.25) is 5.02 Å². The number of hydrogen-bond donors (Lipinski definition) is 0. The number of benzene rings is 2. The first-order chi connectivity index (χ1) is 15.8. The van der Waals surface area contributed by atoms with Crippen molar-refractivity contribution >= 4 is 38.9 Å². The molecule has 34 heavy (non-hydrogen) atoms. The molecule has 0 saturated heterocycles. The average Bonchev–Trinajstić information content (AvgIpc) is 3.06. The minimum atomic E-state index is -3.88. The summed E-state index contributed by atoms with van der Waals surface area (Å²) in [6.07, 6.45) is -0.366. The number of aromatic nitrogens is 1. The predicted molar refractivity (Wildman–Crippen MR) is 126 cm³/mol. The summed E-state index contributed by atoms with van der Waals surface area (Å²) < 4.78 is 30.7. The van der Waals surface area contributed by atoms with Gasteiger partial charge in [-0.1, -0.05) is 11.6 Å². The summed E-state index contributed by atoms with van der Waals surface area (Å²) >= 11 is 5.95. The standard InChI is InChI=1S/C23H21ClN2O7S/c1-13-11-19(14(2)25(13)18-8-6-17(24)7-9-18)22(27)15(3)33-23(28)16-5-10-21(34(4,31)32)20(12-16)26(29)30/h5-12,15H,1-4H3/t15-/m0/s1. The molecule has 3 aromatic rings. The van der Waals surface area contributed by atoms with Gasteiger partial charge in [0.15, 0.2) is 15.9 Å². The van der Waals surface area contributed by atoms with Crippen LogP contribution in [0.5, 0.6) is 0 Å². The number of rotatable bonds is 7. The van der Waals surface area contributed by atoms with E-state index in [1.54, 1.807) is 25.1 Å². The molecule has 0 aliphatic heterocycles. The van der Waals surface area contributed by atoms with E-state index in [4.69, 9.17) is 16.3 Å². The maximum Gasteiger partial charge on any atom is 0.339 e. The van der Waals surface area contributed by atoms with Crippen LogP contribution in [-0.2, 0) is 14.6 Å². The molecule has 0 aliphatic carbocycles. The van der Waals surface area contributed by atoms with Crippen LogP contribution < -0.4 is 0 Å². The molecular formula is C23H21ClN2O7S. The van der Waals surface area contributed by atoms with E-state index >= 15 is 0 Å². The van der Waals surface area contributed by atoms with Crippen LogP contribution in [-0.4, -0.2) is 42.0 Å². The highest BCUT2D eigenvalue weighted by molar-refractivity contribution is 7.90. The summed E-state index contributed by atoms with van der Waals surface area (Å²) in [5, 5.41) is 11.9. The van der Waals surface area contributed by atoms with E-state index in [2.05, 4.69) is 0 Å². The van der Waals surface area contributed by atoms with Crippen molar-refractivity contribution in [3.05, 3.63) is 86.2 Å². The molecular weight excluding hydrogens is 484 g/mol. The van der Waals surface area contributed by atoms with Gasteiger partial charge in [0.1, 0.15) is 4.90 Å². The number of ether oxygens (including phenoxy) is 1. The number of sulfone groups is 1. The largest absolute Gasteiger partial charge is 0.451 e. The molecule has 0 aliphatic rings. The van der Waals surface area contributed by atoms with Crippen LogP contribution in [0.15, 0.2) is 53.4 Å². The zero-order valence-electron chi connectivity index (χ0n) is 18.7. The summed E-state index contributed by atoms with van der Waals surface area (Å²) in [6.45, 7) is 4.99. The number of halogens is 1. The maximum absolute atomic E-state index is 13.0. The normalized spacial score (nSPS) is 12.3. The smallest absolute Gasteiger partial charge is 0.339 e. The summed E-state index contributed by atoms with van der Waals surface area (Å²) in [4.78, 5) is 35.5. The monoisotopic (exact) mass is 504 g/mol. The number of carbonyl (C=O) groups is 2. The Morgan fingerprint density at radius 2 is 1.71 bits per heavy atom. The fraction of sp³-hybridized carbons (Fsp3) is 0.217. The number of nitrogens with zero attached hydrogens (tertiary/aromatic N) is 2. The number of carbonyl (C=O) groups excluding carboxylic acids is 2. The zero-order valence-corrected chi connectivity index (χ0v) is 20.3. The second-order valence-corrected chi connectivity index (χ2v) is 10.1. The SMILES string of the molecule is Cc1cc(C(=O)[C@H](C)OC(=O)c2ccc(S(C)(=O)=O)c([N+](=O)[O-])c2)c(C)n1-c1ccc(Cl)cc1. The molecule has 0 spiro atoms. The number of esters is 1. The van der Waals surface area contributed by atoms with E-state index in [9.17, 15) is 28.1 Å². The first-order valence-corrected chi connectivity index (χ1v) is 12.3. The molecule has 1 heterocycles. The summed E-state index contributed by atoms with van der Waals surface area (Å²) in [5.74, 6) is -1.44. The molecule has 0 saturated carbocycles. The van der Waals surface area contributed by atoms with Gasteiger partial charge in [-0.3, -0.25) is 14.9 Å². The lowest BCUT2D eigenvalue weighted by Gasteiger charge is -2.14. The molecule has 0 N–H and O–H groups in total. The number of Topliss-reactive ketones (excluding diaryl/α,β-unsaturated/α-hetero) is 1. The minimum Gasteiger partial charge on any atom is -0.451 e. The molecule has 9 nitrogen and oxygen atoms in total. The average molecular weight is 505 g/mol. The number of aryl methyl sites for hydroxylation is 1. The lowest BCUT2D eigenvalue weighted by Crippen LogP contribution is -2.25. The molecule has 2 aromatic carbocycles. The van der Waals surface area contributed by atoms with Crippen molar-refractivity contribution in [2.24, 2.45) is 0 Å². The summed E-state index contributed by atoms with van der Waals surface area (Å²) in [7, 11) is -3.88. The van der Waals surface area contributed by atoms with Crippen LogP contribution in [0.3, 0.4) is 0 Å². The first kappa shape index (κ1) is 25.1. The molecule has 0 fully saturated rings. The Morgan fingerprint density at radius 3 is 2.26 bits per heavy atom. The third-order valence-corrected chi connectivity index (χ3v) is 6.62. The minimum absolute atomic E-state index is 0.245. The highest BCUT2D eigenvalue weighted by Gasteiger charge is 2.28. The summed E-state index contributed by atoms with van der Waals surface area (Å²) in [5.41, 5.74) is 1.59. The number of nitro groups is 1. The van der Waals surface area contributed by atoms with Gasteiger partial charge < -0.3 is 9.30 Å². The van der Waals surface area contributed by atoms with Crippen molar-refractivity contribution in [3.63, 3.8) is 0 Å². The van der Waals surface area contributed by atoms with E-state index in [0.29, 0.717) is 16.3 Å². The van der Waals surface area contributed by atoms with Gasteiger partial charge in [-0.2, -0.15) is 0 Å². The van der Waals surface area contributed by atoms with Gasteiger partial charge in [0.25, 0.3) is 5.69 Å². The summed E-state index contributed by atoms with van der Waals surface area (Å²) in [6, 6.07) is 11.7. The number of nitro benzene ring substituents is 1. The quantitative estimate of drug-likeness (QED) is 0.201. The van der Waals surface area contributed by atoms with Crippen LogP contribution >= 0.6 is 11.6 Å². The highest BCUT2D eigenvalue weighted by Crippen LogP contribution is 2.27. The Hall–Kier alpha value is -3.50. The maximum atomic E-state index is 13.0. The molecule has 0 bridgehead atoms. The molecule has 0 unspecified atom stereocenters. The van der Waals surface area contributed by atoms with E-state index in [1.165, 1.54) is 6.92 Å².